The summed E-state index contributed by atoms with van der Waals surface area (Å²) in [6.45, 7) is 5.52. The van der Waals surface area contributed by atoms with Gasteiger partial charge in [-0.2, -0.15) is 0 Å². The lowest BCUT2D eigenvalue weighted by Crippen LogP contribution is -2.40. The third-order valence-corrected chi connectivity index (χ3v) is 3.01. The third-order valence-electron chi connectivity index (χ3n) is 3.01. The van der Waals surface area contributed by atoms with Gasteiger partial charge in [-0.15, -0.1) is 0 Å². The van der Waals surface area contributed by atoms with Crippen LogP contribution in [0.25, 0.3) is 0 Å². The number of hydrogen-bond acceptors (Lipinski definition) is 2. The summed E-state index contributed by atoms with van der Waals surface area (Å²) in [6.07, 6.45) is -0.563. The minimum absolute atomic E-state index is 0.779. The van der Waals surface area contributed by atoms with Crippen LogP contribution in [0, 0.1) is 0 Å². The number of carboxylic acid groups (broad SMARTS) is 1. The normalized spacial score (nSPS) is 13.5. The quantitative estimate of drug-likeness (QED) is 0.819. The number of aryl methyl sites for hydroxylation is 1. The fraction of sp³-hybridized carbons (Fsp3) is 0.462. The van der Waals surface area contributed by atoms with E-state index in [1.54, 1.807) is 13.8 Å². The van der Waals surface area contributed by atoms with Crippen molar-refractivity contribution in [1.29, 1.82) is 0 Å². The molecule has 0 heterocycles. The zero-order valence-electron chi connectivity index (χ0n) is 9.90. The van der Waals surface area contributed by atoms with E-state index >= 15 is 0 Å². The molecule has 1 rings (SSSR count). The van der Waals surface area contributed by atoms with Gasteiger partial charge in [-0.05, 0) is 17.5 Å². The minimum atomic E-state index is -1.39. The Labute approximate surface area is 95.7 Å². The molecule has 2 N–H and O–H groups in total. The Morgan fingerprint density at radius 1 is 1.38 bits per heavy atom. The summed E-state index contributed by atoms with van der Waals surface area (Å²) in [6, 6.07) is 7.63. The molecule has 1 aromatic rings. The van der Waals surface area contributed by atoms with Crippen molar-refractivity contribution in [1.82, 2.24) is 0 Å². The molecule has 0 aromatic heterocycles. The van der Waals surface area contributed by atoms with Crippen LogP contribution in [-0.4, -0.2) is 22.3 Å². The fourth-order valence-electron chi connectivity index (χ4n) is 1.91. The Hall–Kier alpha value is -1.35. The molecule has 88 valence electrons. The van der Waals surface area contributed by atoms with Crippen molar-refractivity contribution in [2.24, 2.45) is 0 Å². The largest absolute Gasteiger partial charge is 0.479 e. The van der Waals surface area contributed by atoms with E-state index in [4.69, 9.17) is 5.11 Å². The first-order chi connectivity index (χ1) is 7.41. The fourth-order valence-corrected chi connectivity index (χ4v) is 1.91. The van der Waals surface area contributed by atoms with Crippen molar-refractivity contribution < 1.29 is 15.0 Å². The minimum Gasteiger partial charge on any atom is -0.479 e. The molecular weight excluding hydrogens is 204 g/mol. The second-order valence-electron chi connectivity index (χ2n) is 4.47. The van der Waals surface area contributed by atoms with Gasteiger partial charge in [0.25, 0.3) is 0 Å². The molecule has 3 nitrogen and oxygen atoms in total. The van der Waals surface area contributed by atoms with Gasteiger partial charge in [0, 0.05) is 5.41 Å². The monoisotopic (exact) mass is 222 g/mol. The molecular formula is C13H18O3. The van der Waals surface area contributed by atoms with Gasteiger partial charge in [0.2, 0.25) is 0 Å². The lowest BCUT2D eigenvalue weighted by molar-refractivity contribution is -0.150. The average molecular weight is 222 g/mol. The number of benzene rings is 1. The van der Waals surface area contributed by atoms with Crippen LogP contribution in [0.4, 0.5) is 0 Å². The molecule has 1 atom stereocenters. The Morgan fingerprint density at radius 2 is 1.94 bits per heavy atom. The maximum Gasteiger partial charge on any atom is 0.333 e. The SMILES string of the molecule is CCc1ccccc1C(C)(C)C(O)C(=O)O. The lowest BCUT2D eigenvalue weighted by atomic mass is 9.76. The molecule has 0 aliphatic heterocycles. The van der Waals surface area contributed by atoms with Gasteiger partial charge in [0.15, 0.2) is 6.10 Å². The van der Waals surface area contributed by atoms with Crippen LogP contribution in [0.15, 0.2) is 24.3 Å². The van der Waals surface area contributed by atoms with Crippen molar-refractivity contribution in [3.63, 3.8) is 0 Å². The highest BCUT2D eigenvalue weighted by molar-refractivity contribution is 5.74. The van der Waals surface area contributed by atoms with Crippen molar-refractivity contribution in [3.8, 4) is 0 Å². The van der Waals surface area contributed by atoms with E-state index in [9.17, 15) is 9.90 Å². The average Bonchev–Trinajstić information content (AvgIpc) is 2.27. The first-order valence-corrected chi connectivity index (χ1v) is 5.40. The number of aliphatic hydroxyl groups excluding tert-OH is 1. The summed E-state index contributed by atoms with van der Waals surface area (Å²) >= 11 is 0. The van der Waals surface area contributed by atoms with Crippen molar-refractivity contribution in [2.75, 3.05) is 0 Å². The van der Waals surface area contributed by atoms with Gasteiger partial charge in [-0.25, -0.2) is 4.79 Å². The highest BCUT2D eigenvalue weighted by atomic mass is 16.4. The number of hydrogen-bond donors (Lipinski definition) is 2. The van der Waals surface area contributed by atoms with Crippen LogP contribution in [0.5, 0.6) is 0 Å². The summed E-state index contributed by atoms with van der Waals surface area (Å²) in [5, 5.41) is 18.6. The third kappa shape index (κ3) is 2.25. The van der Waals surface area contributed by atoms with Crippen LogP contribution < -0.4 is 0 Å². The molecule has 0 bridgehead atoms. The van der Waals surface area contributed by atoms with Gasteiger partial charge in [-0.3, -0.25) is 0 Å². The predicted molar refractivity (Wildman–Crippen MR) is 62.5 cm³/mol. The van der Waals surface area contributed by atoms with Gasteiger partial charge in [0.05, 0.1) is 0 Å². The summed E-state index contributed by atoms with van der Waals surface area (Å²) < 4.78 is 0. The molecule has 0 radical (unpaired) electrons. The molecule has 0 amide bonds. The first-order valence-electron chi connectivity index (χ1n) is 5.40. The number of rotatable bonds is 4. The second-order valence-corrected chi connectivity index (χ2v) is 4.47. The van der Waals surface area contributed by atoms with Crippen LogP contribution in [0.1, 0.15) is 31.9 Å². The second kappa shape index (κ2) is 4.66. The Balaban J connectivity index is 3.20. The molecule has 0 fully saturated rings. The van der Waals surface area contributed by atoms with E-state index in [-0.39, 0.29) is 0 Å². The predicted octanol–water partition coefficient (Wildman–Crippen LogP) is 1.97. The van der Waals surface area contributed by atoms with E-state index < -0.39 is 17.5 Å². The van der Waals surface area contributed by atoms with E-state index in [0.717, 1.165) is 17.5 Å². The highest BCUT2D eigenvalue weighted by Crippen LogP contribution is 2.30. The lowest BCUT2D eigenvalue weighted by Gasteiger charge is -2.30. The number of carbonyl (C=O) groups is 1. The Morgan fingerprint density at radius 3 is 2.44 bits per heavy atom. The smallest absolute Gasteiger partial charge is 0.333 e. The van der Waals surface area contributed by atoms with Crippen molar-refractivity contribution in [3.05, 3.63) is 35.4 Å². The topological polar surface area (TPSA) is 57.5 Å². The molecule has 16 heavy (non-hydrogen) atoms. The van der Waals surface area contributed by atoms with E-state index in [1.807, 2.05) is 31.2 Å². The van der Waals surface area contributed by atoms with Crippen LogP contribution >= 0.6 is 0 Å². The summed E-state index contributed by atoms with van der Waals surface area (Å²) in [4.78, 5) is 10.9. The van der Waals surface area contributed by atoms with E-state index in [1.165, 1.54) is 0 Å². The van der Waals surface area contributed by atoms with Gasteiger partial charge in [0.1, 0.15) is 0 Å². The summed E-state index contributed by atoms with van der Waals surface area (Å²) in [5.41, 5.74) is 1.19. The zero-order valence-corrected chi connectivity index (χ0v) is 9.90. The maximum absolute atomic E-state index is 10.9. The standard InChI is InChI=1S/C13H18O3/c1-4-9-7-5-6-8-10(9)13(2,3)11(14)12(15)16/h5-8,11,14H,4H2,1-3H3,(H,15,16). The Bertz CT molecular complexity index is 383. The molecule has 0 spiro atoms. The van der Waals surface area contributed by atoms with Crippen LogP contribution in [0.3, 0.4) is 0 Å². The molecule has 1 unspecified atom stereocenters. The van der Waals surface area contributed by atoms with Crippen molar-refractivity contribution in [2.45, 2.75) is 38.7 Å². The number of aliphatic carboxylic acids is 1. The highest BCUT2D eigenvalue weighted by Gasteiger charge is 2.36. The molecule has 3 heteroatoms. The zero-order chi connectivity index (χ0) is 12.3. The number of aliphatic hydroxyl groups is 1. The molecule has 1 aromatic carbocycles. The summed E-state index contributed by atoms with van der Waals surface area (Å²) in [5.74, 6) is -1.18. The maximum atomic E-state index is 10.9. The number of carboxylic acids is 1. The van der Waals surface area contributed by atoms with E-state index in [0.29, 0.717) is 0 Å². The Kier molecular flexibility index (Phi) is 3.70. The van der Waals surface area contributed by atoms with Crippen LogP contribution in [-0.2, 0) is 16.6 Å². The molecule has 0 saturated carbocycles. The summed E-state index contributed by atoms with van der Waals surface area (Å²) in [7, 11) is 0. The van der Waals surface area contributed by atoms with Crippen molar-refractivity contribution >= 4 is 5.97 Å². The van der Waals surface area contributed by atoms with Gasteiger partial charge >= 0.3 is 5.97 Å². The molecule has 0 aliphatic carbocycles. The van der Waals surface area contributed by atoms with Gasteiger partial charge < -0.3 is 10.2 Å². The van der Waals surface area contributed by atoms with Gasteiger partial charge in [-0.1, -0.05) is 45.0 Å². The molecule has 0 aliphatic rings. The molecule has 0 saturated heterocycles. The first kappa shape index (κ1) is 12.7. The van der Waals surface area contributed by atoms with E-state index in [2.05, 4.69) is 0 Å². The van der Waals surface area contributed by atoms with Crippen LogP contribution in [0.2, 0.25) is 0 Å².